The Morgan fingerprint density at radius 1 is 1.07 bits per heavy atom. The summed E-state index contributed by atoms with van der Waals surface area (Å²) < 4.78 is 5.70. The summed E-state index contributed by atoms with van der Waals surface area (Å²) in [6, 6.07) is 14.1. The fourth-order valence-electron chi connectivity index (χ4n) is 3.48. The Kier molecular flexibility index (Phi) is 6.50. The first kappa shape index (κ1) is 20.6. The van der Waals surface area contributed by atoms with Crippen molar-refractivity contribution in [1.29, 1.82) is 0 Å². The minimum Gasteiger partial charge on any atom is -0.411 e. The number of nitrogens with zero attached hydrogens (tertiary/aromatic N) is 3. The molecular formula is C23H26N4O2S. The third-order valence-corrected chi connectivity index (χ3v) is 6.15. The van der Waals surface area contributed by atoms with Crippen LogP contribution < -0.4 is 5.32 Å². The molecule has 0 saturated carbocycles. The Bertz CT molecular complexity index is 1010. The van der Waals surface area contributed by atoms with Crippen molar-refractivity contribution in [1.82, 2.24) is 15.1 Å². The van der Waals surface area contributed by atoms with Gasteiger partial charge in [0.1, 0.15) is 0 Å². The average molecular weight is 423 g/mol. The maximum atomic E-state index is 12.3. The van der Waals surface area contributed by atoms with Crippen molar-refractivity contribution in [3.8, 4) is 11.5 Å². The van der Waals surface area contributed by atoms with Crippen molar-refractivity contribution in [2.45, 2.75) is 38.5 Å². The minimum atomic E-state index is -0.0989. The number of hydrogen-bond donors (Lipinski definition) is 1. The van der Waals surface area contributed by atoms with E-state index in [-0.39, 0.29) is 11.7 Å². The molecule has 1 aromatic heterocycles. The molecule has 1 N–H and O–H groups in total. The Morgan fingerprint density at radius 3 is 2.57 bits per heavy atom. The second-order valence-electron chi connectivity index (χ2n) is 7.69. The second kappa shape index (κ2) is 9.45. The fraction of sp³-hybridized carbons (Fsp3) is 0.348. The van der Waals surface area contributed by atoms with Gasteiger partial charge in [0.2, 0.25) is 11.8 Å². The summed E-state index contributed by atoms with van der Waals surface area (Å²) in [5, 5.41) is 11.5. The van der Waals surface area contributed by atoms with Crippen LogP contribution in [0.5, 0.6) is 0 Å². The molecule has 2 heterocycles. The summed E-state index contributed by atoms with van der Waals surface area (Å²) >= 11 is 1.24. The quantitative estimate of drug-likeness (QED) is 0.558. The first-order valence-corrected chi connectivity index (χ1v) is 11.2. The lowest BCUT2D eigenvalue weighted by Crippen LogP contribution is -2.18. The van der Waals surface area contributed by atoms with Crippen LogP contribution in [0.25, 0.3) is 11.5 Å². The van der Waals surface area contributed by atoms with Gasteiger partial charge < -0.3 is 9.73 Å². The molecule has 0 spiro atoms. The zero-order valence-electron chi connectivity index (χ0n) is 17.4. The predicted octanol–water partition coefficient (Wildman–Crippen LogP) is 4.68. The van der Waals surface area contributed by atoms with Crippen molar-refractivity contribution in [2.24, 2.45) is 0 Å². The SMILES string of the molecule is Cc1ccc(-c2nnc(SCC(=O)Nc3ccc(CN4CCCC4)cc3)o2)cc1C. The van der Waals surface area contributed by atoms with Crippen LogP contribution in [0.15, 0.2) is 52.1 Å². The molecule has 7 heteroatoms. The zero-order chi connectivity index (χ0) is 20.9. The van der Waals surface area contributed by atoms with E-state index in [1.165, 1.54) is 54.4 Å². The maximum Gasteiger partial charge on any atom is 0.277 e. The number of anilines is 1. The van der Waals surface area contributed by atoms with Gasteiger partial charge >= 0.3 is 0 Å². The van der Waals surface area contributed by atoms with Crippen LogP contribution in [0.1, 0.15) is 29.5 Å². The molecule has 2 aromatic carbocycles. The molecular weight excluding hydrogens is 396 g/mol. The lowest BCUT2D eigenvalue weighted by molar-refractivity contribution is -0.113. The fourth-order valence-corrected chi connectivity index (χ4v) is 4.04. The van der Waals surface area contributed by atoms with Crippen LogP contribution in [0.3, 0.4) is 0 Å². The first-order chi connectivity index (χ1) is 14.6. The highest BCUT2D eigenvalue weighted by Gasteiger charge is 2.13. The van der Waals surface area contributed by atoms with Gasteiger partial charge in [-0.3, -0.25) is 9.69 Å². The number of nitrogens with one attached hydrogen (secondary N) is 1. The topological polar surface area (TPSA) is 71.3 Å². The third kappa shape index (κ3) is 5.29. The number of likely N-dealkylation sites (tertiary alicyclic amines) is 1. The van der Waals surface area contributed by atoms with Crippen LogP contribution in [0, 0.1) is 13.8 Å². The molecule has 1 aliphatic heterocycles. The monoisotopic (exact) mass is 422 g/mol. The molecule has 1 amide bonds. The lowest BCUT2D eigenvalue weighted by Gasteiger charge is -2.14. The van der Waals surface area contributed by atoms with Gasteiger partial charge in [-0.2, -0.15) is 0 Å². The highest BCUT2D eigenvalue weighted by molar-refractivity contribution is 7.99. The maximum absolute atomic E-state index is 12.3. The lowest BCUT2D eigenvalue weighted by atomic mass is 10.1. The van der Waals surface area contributed by atoms with E-state index in [2.05, 4.69) is 39.5 Å². The van der Waals surface area contributed by atoms with Gasteiger partial charge in [0.05, 0.1) is 5.75 Å². The Balaban J connectivity index is 1.27. The Morgan fingerprint density at radius 2 is 1.83 bits per heavy atom. The van der Waals surface area contributed by atoms with Crippen LogP contribution in [0.4, 0.5) is 5.69 Å². The molecule has 0 radical (unpaired) electrons. The summed E-state index contributed by atoms with van der Waals surface area (Å²) in [6.45, 7) is 7.44. The van der Waals surface area contributed by atoms with E-state index in [0.717, 1.165) is 17.8 Å². The molecule has 1 saturated heterocycles. The van der Waals surface area contributed by atoms with Crippen LogP contribution in [-0.2, 0) is 11.3 Å². The van der Waals surface area contributed by atoms with Crippen LogP contribution in [-0.4, -0.2) is 39.8 Å². The molecule has 0 aliphatic carbocycles. The highest BCUT2D eigenvalue weighted by Crippen LogP contribution is 2.25. The zero-order valence-corrected chi connectivity index (χ0v) is 18.2. The van der Waals surface area contributed by atoms with E-state index in [1.54, 1.807) is 0 Å². The van der Waals surface area contributed by atoms with Gasteiger partial charge in [0.25, 0.3) is 5.22 Å². The molecule has 4 rings (SSSR count). The molecule has 156 valence electrons. The van der Waals surface area contributed by atoms with E-state index in [9.17, 15) is 4.79 Å². The van der Waals surface area contributed by atoms with Gasteiger partial charge in [-0.15, -0.1) is 10.2 Å². The number of benzene rings is 2. The first-order valence-electron chi connectivity index (χ1n) is 10.2. The predicted molar refractivity (Wildman–Crippen MR) is 120 cm³/mol. The van der Waals surface area contributed by atoms with Crippen molar-refractivity contribution >= 4 is 23.4 Å². The van der Waals surface area contributed by atoms with Gasteiger partial charge in [0.15, 0.2) is 0 Å². The van der Waals surface area contributed by atoms with Crippen molar-refractivity contribution in [3.05, 3.63) is 59.2 Å². The van der Waals surface area contributed by atoms with E-state index in [4.69, 9.17) is 4.42 Å². The second-order valence-corrected chi connectivity index (χ2v) is 8.62. The molecule has 3 aromatic rings. The number of thioether (sulfide) groups is 1. The standard InChI is InChI=1S/C23H26N4O2S/c1-16-5-8-19(13-17(16)2)22-25-26-23(29-22)30-15-21(28)24-20-9-6-18(7-10-20)14-27-11-3-4-12-27/h5-10,13H,3-4,11-12,14-15H2,1-2H3,(H,24,28). The largest absolute Gasteiger partial charge is 0.411 e. The molecule has 1 aliphatic rings. The van der Waals surface area contributed by atoms with E-state index in [0.29, 0.717) is 11.1 Å². The van der Waals surface area contributed by atoms with E-state index >= 15 is 0 Å². The van der Waals surface area contributed by atoms with Gasteiger partial charge in [0, 0.05) is 17.8 Å². The molecule has 6 nitrogen and oxygen atoms in total. The summed E-state index contributed by atoms with van der Waals surface area (Å²) in [6.07, 6.45) is 2.58. The number of hydrogen-bond acceptors (Lipinski definition) is 6. The summed E-state index contributed by atoms with van der Waals surface area (Å²) in [7, 11) is 0. The van der Waals surface area contributed by atoms with Crippen molar-refractivity contribution in [2.75, 3.05) is 24.2 Å². The highest BCUT2D eigenvalue weighted by atomic mass is 32.2. The molecule has 0 atom stereocenters. The number of amides is 1. The molecule has 0 bridgehead atoms. The van der Waals surface area contributed by atoms with Gasteiger partial charge in [-0.25, -0.2) is 0 Å². The average Bonchev–Trinajstić information content (AvgIpc) is 3.42. The van der Waals surface area contributed by atoms with Crippen LogP contribution >= 0.6 is 11.8 Å². The van der Waals surface area contributed by atoms with Gasteiger partial charge in [-0.05, 0) is 80.7 Å². The van der Waals surface area contributed by atoms with Crippen LogP contribution in [0.2, 0.25) is 0 Å². The molecule has 0 unspecified atom stereocenters. The van der Waals surface area contributed by atoms with E-state index < -0.39 is 0 Å². The Hall–Kier alpha value is -2.64. The Labute approximate surface area is 181 Å². The number of aryl methyl sites for hydroxylation is 2. The summed E-state index contributed by atoms with van der Waals surface area (Å²) in [4.78, 5) is 14.7. The summed E-state index contributed by atoms with van der Waals surface area (Å²) in [5.74, 6) is 0.581. The molecule has 1 fully saturated rings. The number of aromatic nitrogens is 2. The van der Waals surface area contributed by atoms with Crippen molar-refractivity contribution in [3.63, 3.8) is 0 Å². The number of carbonyl (C=O) groups is 1. The van der Waals surface area contributed by atoms with Crippen molar-refractivity contribution < 1.29 is 9.21 Å². The minimum absolute atomic E-state index is 0.0989. The number of carbonyl (C=O) groups excluding carboxylic acids is 1. The van der Waals surface area contributed by atoms with E-state index in [1.807, 2.05) is 37.3 Å². The molecule has 30 heavy (non-hydrogen) atoms. The number of rotatable bonds is 7. The normalized spacial score (nSPS) is 14.2. The van der Waals surface area contributed by atoms with Gasteiger partial charge in [-0.1, -0.05) is 30.0 Å². The smallest absolute Gasteiger partial charge is 0.277 e. The summed E-state index contributed by atoms with van der Waals surface area (Å²) in [5.41, 5.74) is 5.34. The third-order valence-electron chi connectivity index (χ3n) is 5.33.